The van der Waals surface area contributed by atoms with E-state index in [2.05, 4.69) is 27.9 Å². The molecule has 0 spiro atoms. The molecule has 0 saturated heterocycles. The molecular weight excluding hydrogens is 364 g/mol. The van der Waals surface area contributed by atoms with Crippen LogP contribution in [0.3, 0.4) is 0 Å². The molecule has 6 nitrogen and oxygen atoms in total. The highest BCUT2D eigenvalue weighted by molar-refractivity contribution is 5.94. The van der Waals surface area contributed by atoms with Crippen LogP contribution in [0.5, 0.6) is 5.75 Å². The van der Waals surface area contributed by atoms with Gasteiger partial charge in [0.2, 0.25) is 0 Å². The van der Waals surface area contributed by atoms with Gasteiger partial charge in [-0.15, -0.1) is 0 Å². The zero-order valence-corrected chi connectivity index (χ0v) is 17.6. The first-order valence-electron chi connectivity index (χ1n) is 10.2. The minimum Gasteiger partial charge on any atom is -0.497 e. The van der Waals surface area contributed by atoms with Crippen molar-refractivity contribution in [2.75, 3.05) is 20.2 Å². The van der Waals surface area contributed by atoms with Gasteiger partial charge >= 0.3 is 0 Å². The number of benzene rings is 2. The number of rotatable bonds is 10. The molecule has 0 fully saturated rings. The highest BCUT2D eigenvalue weighted by atomic mass is 16.5. The predicted octanol–water partition coefficient (Wildman–Crippen LogP) is 3.48. The smallest absolute Gasteiger partial charge is 0.251 e. The summed E-state index contributed by atoms with van der Waals surface area (Å²) in [6.45, 7) is 6.86. The summed E-state index contributed by atoms with van der Waals surface area (Å²) < 4.78 is 5.18. The van der Waals surface area contributed by atoms with Gasteiger partial charge in [0.05, 0.1) is 13.7 Å². The highest BCUT2D eigenvalue weighted by Gasteiger charge is 2.05. The van der Waals surface area contributed by atoms with Crippen molar-refractivity contribution in [1.82, 2.24) is 16.0 Å². The highest BCUT2D eigenvalue weighted by Crippen LogP contribution is 2.12. The molecule has 0 aliphatic heterocycles. The Balaban J connectivity index is 1.89. The number of amides is 1. The molecule has 0 unspecified atom stereocenters. The van der Waals surface area contributed by atoms with Crippen molar-refractivity contribution in [2.24, 2.45) is 4.99 Å². The van der Waals surface area contributed by atoms with Crippen LogP contribution in [0.4, 0.5) is 0 Å². The second kappa shape index (κ2) is 12.4. The van der Waals surface area contributed by atoms with Crippen LogP contribution in [0.25, 0.3) is 0 Å². The first kappa shape index (κ1) is 22.3. The topological polar surface area (TPSA) is 74.8 Å². The molecule has 0 radical (unpaired) electrons. The van der Waals surface area contributed by atoms with E-state index >= 15 is 0 Å². The first-order chi connectivity index (χ1) is 14.2. The quantitative estimate of drug-likeness (QED) is 0.327. The third-order valence-corrected chi connectivity index (χ3v) is 4.41. The van der Waals surface area contributed by atoms with Crippen molar-refractivity contribution in [2.45, 2.75) is 39.8 Å². The molecule has 2 aromatic carbocycles. The molecule has 156 valence electrons. The van der Waals surface area contributed by atoms with E-state index in [0.717, 1.165) is 48.8 Å². The normalized spacial score (nSPS) is 11.1. The van der Waals surface area contributed by atoms with E-state index in [4.69, 9.17) is 4.74 Å². The summed E-state index contributed by atoms with van der Waals surface area (Å²) in [5.74, 6) is 1.57. The van der Waals surface area contributed by atoms with E-state index < -0.39 is 0 Å². The molecule has 0 aliphatic carbocycles. The van der Waals surface area contributed by atoms with Crippen LogP contribution in [0.1, 0.15) is 48.2 Å². The molecule has 0 saturated carbocycles. The van der Waals surface area contributed by atoms with Gasteiger partial charge < -0.3 is 20.7 Å². The van der Waals surface area contributed by atoms with Gasteiger partial charge in [0.25, 0.3) is 5.91 Å². The molecule has 29 heavy (non-hydrogen) atoms. The fourth-order valence-corrected chi connectivity index (χ4v) is 2.68. The minimum atomic E-state index is -0.0210. The standard InChI is InChI=1S/C23H32N4O2/c1-4-6-15-25-22(28)20-11-7-18(8-12-20)16-26-23(24-5-2)27-17-19-9-13-21(29-3)14-10-19/h7-14H,4-6,15-17H2,1-3H3,(H,25,28)(H2,24,26,27). The Bertz CT molecular complexity index is 770. The van der Waals surface area contributed by atoms with E-state index in [9.17, 15) is 4.79 Å². The number of hydrogen-bond donors (Lipinski definition) is 3. The van der Waals surface area contributed by atoms with Crippen LogP contribution in [0.15, 0.2) is 53.5 Å². The van der Waals surface area contributed by atoms with Crippen LogP contribution in [0, 0.1) is 0 Å². The van der Waals surface area contributed by atoms with Crippen molar-refractivity contribution in [1.29, 1.82) is 0 Å². The Kier molecular flexibility index (Phi) is 9.55. The first-order valence-corrected chi connectivity index (χ1v) is 10.2. The van der Waals surface area contributed by atoms with Gasteiger partial charge in [0.1, 0.15) is 5.75 Å². The average Bonchev–Trinajstić information content (AvgIpc) is 2.76. The van der Waals surface area contributed by atoms with E-state index in [1.54, 1.807) is 7.11 Å². The molecular formula is C23H32N4O2. The predicted molar refractivity (Wildman–Crippen MR) is 118 cm³/mol. The monoisotopic (exact) mass is 396 g/mol. The van der Waals surface area contributed by atoms with Gasteiger partial charge in [0.15, 0.2) is 5.96 Å². The Morgan fingerprint density at radius 2 is 1.62 bits per heavy atom. The lowest BCUT2D eigenvalue weighted by atomic mass is 10.1. The minimum absolute atomic E-state index is 0.0210. The van der Waals surface area contributed by atoms with Gasteiger partial charge in [0, 0.05) is 25.2 Å². The Morgan fingerprint density at radius 3 is 2.24 bits per heavy atom. The van der Waals surface area contributed by atoms with Crippen molar-refractivity contribution >= 4 is 11.9 Å². The summed E-state index contributed by atoms with van der Waals surface area (Å²) >= 11 is 0. The maximum absolute atomic E-state index is 12.1. The number of nitrogens with one attached hydrogen (secondary N) is 3. The van der Waals surface area contributed by atoms with Crippen molar-refractivity contribution in [3.8, 4) is 5.75 Å². The van der Waals surface area contributed by atoms with Crippen LogP contribution < -0.4 is 20.7 Å². The van der Waals surface area contributed by atoms with Gasteiger partial charge in [-0.3, -0.25) is 4.79 Å². The van der Waals surface area contributed by atoms with Crippen LogP contribution >= 0.6 is 0 Å². The Hall–Kier alpha value is -3.02. The number of guanidine groups is 1. The fourth-order valence-electron chi connectivity index (χ4n) is 2.68. The van der Waals surface area contributed by atoms with Crippen molar-refractivity contribution in [3.05, 3.63) is 65.2 Å². The van der Waals surface area contributed by atoms with E-state index in [-0.39, 0.29) is 5.91 Å². The summed E-state index contributed by atoms with van der Waals surface area (Å²) in [7, 11) is 1.66. The van der Waals surface area contributed by atoms with Gasteiger partial charge in [-0.05, 0) is 48.7 Å². The number of ether oxygens (including phenoxy) is 1. The molecule has 0 heterocycles. The largest absolute Gasteiger partial charge is 0.497 e. The summed E-state index contributed by atoms with van der Waals surface area (Å²) in [6, 6.07) is 15.5. The zero-order valence-electron chi connectivity index (χ0n) is 17.6. The lowest BCUT2D eigenvalue weighted by molar-refractivity contribution is 0.0953. The lowest BCUT2D eigenvalue weighted by Crippen LogP contribution is -2.36. The molecule has 2 aromatic rings. The van der Waals surface area contributed by atoms with E-state index in [1.165, 1.54) is 0 Å². The van der Waals surface area contributed by atoms with Crippen molar-refractivity contribution < 1.29 is 9.53 Å². The molecule has 0 bridgehead atoms. The van der Waals surface area contributed by atoms with Crippen LogP contribution in [0.2, 0.25) is 0 Å². The van der Waals surface area contributed by atoms with Gasteiger partial charge in [-0.1, -0.05) is 37.6 Å². The second-order valence-corrected chi connectivity index (χ2v) is 6.70. The number of methoxy groups -OCH3 is 1. The summed E-state index contributed by atoms with van der Waals surface area (Å²) in [6.07, 6.45) is 2.07. The lowest BCUT2D eigenvalue weighted by Gasteiger charge is -2.12. The average molecular weight is 397 g/mol. The molecule has 2 rings (SSSR count). The molecule has 0 aliphatic rings. The zero-order chi connectivity index (χ0) is 20.9. The summed E-state index contributed by atoms with van der Waals surface area (Å²) in [4.78, 5) is 16.7. The molecule has 1 amide bonds. The number of aliphatic imine (C=N–C) groups is 1. The molecule has 0 aromatic heterocycles. The SMILES string of the molecule is CCCCNC(=O)c1ccc(CNC(=NCc2ccc(OC)cc2)NCC)cc1. The summed E-state index contributed by atoms with van der Waals surface area (Å²) in [5, 5.41) is 9.52. The summed E-state index contributed by atoms with van der Waals surface area (Å²) in [5.41, 5.74) is 2.89. The van der Waals surface area contributed by atoms with E-state index in [1.807, 2.05) is 55.5 Å². The Labute approximate surface area is 173 Å². The van der Waals surface area contributed by atoms with E-state index in [0.29, 0.717) is 18.7 Å². The maximum Gasteiger partial charge on any atom is 0.251 e. The number of carbonyl (C=O) groups excluding carboxylic acids is 1. The third-order valence-electron chi connectivity index (χ3n) is 4.41. The van der Waals surface area contributed by atoms with Crippen LogP contribution in [-0.4, -0.2) is 32.1 Å². The molecule has 0 atom stereocenters. The number of nitrogens with zero attached hydrogens (tertiary/aromatic N) is 1. The second-order valence-electron chi connectivity index (χ2n) is 6.70. The van der Waals surface area contributed by atoms with Crippen LogP contribution in [-0.2, 0) is 13.1 Å². The molecule has 3 N–H and O–H groups in total. The van der Waals surface area contributed by atoms with Gasteiger partial charge in [-0.25, -0.2) is 4.99 Å². The fraction of sp³-hybridized carbons (Fsp3) is 0.391. The van der Waals surface area contributed by atoms with Gasteiger partial charge in [-0.2, -0.15) is 0 Å². The Morgan fingerprint density at radius 1 is 0.931 bits per heavy atom. The number of unbranched alkanes of at least 4 members (excludes halogenated alkanes) is 1. The number of hydrogen-bond acceptors (Lipinski definition) is 3. The maximum atomic E-state index is 12.1. The number of carbonyl (C=O) groups is 1. The molecule has 6 heteroatoms. The third kappa shape index (κ3) is 7.86. The van der Waals surface area contributed by atoms with Crippen molar-refractivity contribution in [3.63, 3.8) is 0 Å².